The molecule has 1 saturated carbocycles. The first-order valence-corrected chi connectivity index (χ1v) is 6.96. The van der Waals surface area contributed by atoms with E-state index in [4.69, 9.17) is 5.73 Å². The Balaban J connectivity index is 1.64. The van der Waals surface area contributed by atoms with Gasteiger partial charge >= 0.3 is 0 Å². The summed E-state index contributed by atoms with van der Waals surface area (Å²) in [6.45, 7) is 2.59. The molecule has 5 heteroatoms. The summed E-state index contributed by atoms with van der Waals surface area (Å²) in [4.78, 5) is 18.7. The normalized spacial score (nSPS) is 20.4. The van der Waals surface area contributed by atoms with Gasteiger partial charge in [0, 0.05) is 19.6 Å². The number of pyridine rings is 1. The van der Waals surface area contributed by atoms with Crippen molar-refractivity contribution < 1.29 is 4.79 Å². The smallest absolute Gasteiger partial charge is 0.231 e. The monoisotopic (exact) mass is 260 g/mol. The predicted octanol–water partition coefficient (Wildman–Crippen LogP) is 1.36. The van der Waals surface area contributed by atoms with Crippen molar-refractivity contribution in [3.05, 3.63) is 18.3 Å². The molecule has 2 aliphatic rings. The van der Waals surface area contributed by atoms with Gasteiger partial charge in [0.15, 0.2) is 0 Å². The lowest BCUT2D eigenvalue weighted by Gasteiger charge is -2.17. The molecule has 102 valence electrons. The topological polar surface area (TPSA) is 71.2 Å². The minimum atomic E-state index is -0.312. The lowest BCUT2D eigenvalue weighted by Crippen LogP contribution is -2.30. The molecule has 3 N–H and O–H groups in total. The maximum atomic E-state index is 12.0. The molecule has 0 aromatic carbocycles. The Morgan fingerprint density at radius 3 is 2.63 bits per heavy atom. The molecule has 0 bridgehead atoms. The van der Waals surface area contributed by atoms with Crippen LogP contribution in [0, 0.1) is 5.41 Å². The van der Waals surface area contributed by atoms with E-state index < -0.39 is 0 Å². The highest BCUT2D eigenvalue weighted by Gasteiger charge is 2.48. The van der Waals surface area contributed by atoms with E-state index in [1.165, 1.54) is 12.8 Å². The number of carbonyl (C=O) groups excluding carboxylic acids is 1. The minimum Gasteiger partial charge on any atom is -0.357 e. The van der Waals surface area contributed by atoms with Crippen LogP contribution in [0.3, 0.4) is 0 Å². The van der Waals surface area contributed by atoms with Gasteiger partial charge < -0.3 is 16.0 Å². The van der Waals surface area contributed by atoms with Gasteiger partial charge in [0.25, 0.3) is 0 Å². The summed E-state index contributed by atoms with van der Waals surface area (Å²) in [5, 5.41) is 2.91. The van der Waals surface area contributed by atoms with Crippen molar-refractivity contribution in [1.82, 2.24) is 4.98 Å². The fourth-order valence-corrected chi connectivity index (χ4v) is 2.53. The number of hydrogen-bond donors (Lipinski definition) is 2. The van der Waals surface area contributed by atoms with Crippen molar-refractivity contribution in [2.75, 3.05) is 29.9 Å². The molecule has 1 aliphatic heterocycles. The Hall–Kier alpha value is -1.62. The van der Waals surface area contributed by atoms with Gasteiger partial charge in [-0.1, -0.05) is 0 Å². The Kier molecular flexibility index (Phi) is 3.14. The minimum absolute atomic E-state index is 0.0331. The van der Waals surface area contributed by atoms with E-state index in [0.29, 0.717) is 6.54 Å². The van der Waals surface area contributed by atoms with E-state index >= 15 is 0 Å². The maximum Gasteiger partial charge on any atom is 0.231 e. The average Bonchev–Trinajstić information content (AvgIpc) is 3.06. The SMILES string of the molecule is NCC1(C(=O)Nc2ccc(N3CCCC3)nc2)CC1. The van der Waals surface area contributed by atoms with Gasteiger partial charge in [-0.3, -0.25) is 4.79 Å². The number of hydrogen-bond acceptors (Lipinski definition) is 4. The Labute approximate surface area is 113 Å². The molecular formula is C14H20N4O. The quantitative estimate of drug-likeness (QED) is 0.857. The molecule has 1 saturated heterocycles. The predicted molar refractivity (Wildman–Crippen MR) is 75.0 cm³/mol. The number of nitrogens with zero attached hydrogens (tertiary/aromatic N) is 2. The van der Waals surface area contributed by atoms with E-state index in [2.05, 4.69) is 15.2 Å². The van der Waals surface area contributed by atoms with E-state index in [1.807, 2.05) is 12.1 Å². The number of aromatic nitrogens is 1. The number of carbonyl (C=O) groups is 1. The van der Waals surface area contributed by atoms with Crippen molar-refractivity contribution in [3.8, 4) is 0 Å². The van der Waals surface area contributed by atoms with Gasteiger partial charge in [0.2, 0.25) is 5.91 Å². The molecule has 0 spiro atoms. The van der Waals surface area contributed by atoms with Crippen molar-refractivity contribution in [2.24, 2.45) is 11.1 Å². The average molecular weight is 260 g/mol. The van der Waals surface area contributed by atoms with E-state index in [9.17, 15) is 4.79 Å². The third-order valence-corrected chi connectivity index (χ3v) is 4.16. The van der Waals surface area contributed by atoms with Crippen molar-refractivity contribution in [3.63, 3.8) is 0 Å². The lowest BCUT2D eigenvalue weighted by atomic mass is 10.1. The highest BCUT2D eigenvalue weighted by molar-refractivity contribution is 5.97. The van der Waals surface area contributed by atoms with Gasteiger partial charge in [0.05, 0.1) is 17.3 Å². The molecule has 3 rings (SSSR count). The van der Waals surface area contributed by atoms with Crippen molar-refractivity contribution in [2.45, 2.75) is 25.7 Å². The summed E-state index contributed by atoms with van der Waals surface area (Å²) in [6, 6.07) is 3.90. The van der Waals surface area contributed by atoms with E-state index in [-0.39, 0.29) is 11.3 Å². The highest BCUT2D eigenvalue weighted by Crippen LogP contribution is 2.45. The highest BCUT2D eigenvalue weighted by atomic mass is 16.2. The first-order chi connectivity index (χ1) is 9.23. The summed E-state index contributed by atoms with van der Waals surface area (Å²) in [5.41, 5.74) is 6.09. The summed E-state index contributed by atoms with van der Waals surface area (Å²) >= 11 is 0. The largest absolute Gasteiger partial charge is 0.357 e. The molecule has 0 unspecified atom stereocenters. The number of anilines is 2. The molecule has 2 heterocycles. The molecule has 2 fully saturated rings. The maximum absolute atomic E-state index is 12.0. The number of nitrogens with two attached hydrogens (primary N) is 1. The molecule has 1 aromatic heterocycles. The molecule has 1 aliphatic carbocycles. The summed E-state index contributed by atoms with van der Waals surface area (Å²) in [5.74, 6) is 1.03. The third-order valence-electron chi connectivity index (χ3n) is 4.16. The van der Waals surface area contributed by atoms with Gasteiger partial charge in [-0.15, -0.1) is 0 Å². The first kappa shape index (κ1) is 12.4. The molecule has 1 aromatic rings. The Morgan fingerprint density at radius 1 is 1.37 bits per heavy atom. The fraction of sp³-hybridized carbons (Fsp3) is 0.571. The molecule has 19 heavy (non-hydrogen) atoms. The van der Waals surface area contributed by atoms with Crippen molar-refractivity contribution in [1.29, 1.82) is 0 Å². The van der Waals surface area contributed by atoms with Crippen LogP contribution in [0.25, 0.3) is 0 Å². The summed E-state index contributed by atoms with van der Waals surface area (Å²) in [7, 11) is 0. The van der Waals surface area contributed by atoms with Gasteiger partial charge in [-0.25, -0.2) is 4.98 Å². The third kappa shape index (κ3) is 2.42. The lowest BCUT2D eigenvalue weighted by molar-refractivity contribution is -0.120. The zero-order valence-electron chi connectivity index (χ0n) is 11.1. The number of amides is 1. The van der Waals surface area contributed by atoms with Crippen LogP contribution in [-0.2, 0) is 4.79 Å². The van der Waals surface area contributed by atoms with Crippen LogP contribution in [0.15, 0.2) is 18.3 Å². The van der Waals surface area contributed by atoms with Gasteiger partial charge in [-0.2, -0.15) is 0 Å². The van der Waals surface area contributed by atoms with Gasteiger partial charge in [0.1, 0.15) is 5.82 Å². The second-order valence-electron chi connectivity index (χ2n) is 5.54. The standard InChI is InChI=1S/C14H20N4O/c15-10-14(5-6-14)13(19)17-11-3-4-12(16-9-11)18-7-1-2-8-18/h3-4,9H,1-2,5-8,10,15H2,(H,17,19). The number of nitrogens with one attached hydrogen (secondary N) is 1. The molecule has 5 nitrogen and oxygen atoms in total. The molecule has 0 atom stereocenters. The summed E-state index contributed by atoms with van der Waals surface area (Å²) < 4.78 is 0. The Morgan fingerprint density at radius 2 is 2.11 bits per heavy atom. The van der Waals surface area contributed by atoms with E-state index in [0.717, 1.165) is 37.4 Å². The second kappa shape index (κ2) is 4.81. The molecule has 0 radical (unpaired) electrons. The van der Waals surface area contributed by atoms with Crippen LogP contribution in [-0.4, -0.2) is 30.5 Å². The summed E-state index contributed by atoms with van der Waals surface area (Å²) in [6.07, 6.45) is 6.00. The van der Waals surface area contributed by atoms with Crippen LogP contribution in [0.2, 0.25) is 0 Å². The van der Waals surface area contributed by atoms with Crippen molar-refractivity contribution >= 4 is 17.4 Å². The first-order valence-electron chi connectivity index (χ1n) is 6.96. The zero-order valence-corrected chi connectivity index (χ0v) is 11.1. The van der Waals surface area contributed by atoms with Crippen LogP contribution < -0.4 is 16.0 Å². The van der Waals surface area contributed by atoms with E-state index in [1.54, 1.807) is 6.20 Å². The second-order valence-corrected chi connectivity index (χ2v) is 5.54. The molecular weight excluding hydrogens is 240 g/mol. The van der Waals surface area contributed by atoms with Crippen LogP contribution in [0.4, 0.5) is 11.5 Å². The van der Waals surface area contributed by atoms with Crippen LogP contribution in [0.1, 0.15) is 25.7 Å². The van der Waals surface area contributed by atoms with Gasteiger partial charge in [-0.05, 0) is 37.8 Å². The fourth-order valence-electron chi connectivity index (χ4n) is 2.53. The number of rotatable bonds is 4. The Bertz CT molecular complexity index is 461. The zero-order chi connectivity index (χ0) is 13.3. The molecule has 1 amide bonds. The van der Waals surface area contributed by atoms with Crippen LogP contribution >= 0.6 is 0 Å². The van der Waals surface area contributed by atoms with Crippen LogP contribution in [0.5, 0.6) is 0 Å².